The molecule has 6 nitrogen and oxygen atoms in total. The van der Waals surface area contributed by atoms with Gasteiger partial charge < -0.3 is 15.6 Å². The Morgan fingerprint density at radius 1 is 1.03 bits per heavy atom. The normalized spacial score (nSPS) is 9.50. The number of rotatable bonds is 6. The van der Waals surface area contributed by atoms with E-state index < -0.39 is 0 Å². The third-order valence-electron chi connectivity index (χ3n) is 4.34. The molecule has 0 radical (unpaired) electrons. The SMILES string of the molecule is CC.CC.CC(=O)c1cccc(-c2cc(Nc3cccc(C)n3)c(C=N)c(N(C)C)c2)n1.[HH]. The van der Waals surface area contributed by atoms with Crippen LogP contribution in [-0.2, 0) is 0 Å². The van der Waals surface area contributed by atoms with Crippen molar-refractivity contribution in [2.45, 2.75) is 41.5 Å². The number of ketones is 1. The van der Waals surface area contributed by atoms with Crippen LogP contribution in [0.1, 0.15) is 57.8 Å². The van der Waals surface area contributed by atoms with Crippen molar-refractivity contribution in [3.05, 3.63) is 65.5 Å². The van der Waals surface area contributed by atoms with Gasteiger partial charge in [0.15, 0.2) is 5.78 Å². The average molecular weight is 436 g/mol. The molecule has 0 unspecified atom stereocenters. The van der Waals surface area contributed by atoms with Crippen molar-refractivity contribution >= 4 is 29.2 Å². The molecule has 32 heavy (non-hydrogen) atoms. The highest BCUT2D eigenvalue weighted by molar-refractivity contribution is 5.97. The summed E-state index contributed by atoms with van der Waals surface area (Å²) < 4.78 is 0. The molecule has 0 aliphatic heterocycles. The van der Waals surface area contributed by atoms with E-state index >= 15 is 0 Å². The first kappa shape index (κ1) is 26.5. The Balaban J connectivity index is 0.00000194. The van der Waals surface area contributed by atoms with Crippen molar-refractivity contribution in [3.8, 4) is 11.3 Å². The number of nitrogens with one attached hydrogen (secondary N) is 2. The summed E-state index contributed by atoms with van der Waals surface area (Å²) in [5.74, 6) is 0.628. The molecule has 3 rings (SSSR count). The number of hydrogen-bond donors (Lipinski definition) is 2. The second-order valence-electron chi connectivity index (χ2n) is 6.75. The van der Waals surface area contributed by atoms with Crippen LogP contribution in [0.25, 0.3) is 11.3 Å². The van der Waals surface area contributed by atoms with Gasteiger partial charge in [-0.25, -0.2) is 9.97 Å². The van der Waals surface area contributed by atoms with Crippen LogP contribution in [0.2, 0.25) is 0 Å². The Kier molecular flexibility index (Phi) is 10.8. The van der Waals surface area contributed by atoms with E-state index in [2.05, 4.69) is 15.3 Å². The van der Waals surface area contributed by atoms with Gasteiger partial charge in [-0.1, -0.05) is 39.8 Å². The third kappa shape index (κ3) is 6.74. The third-order valence-corrected chi connectivity index (χ3v) is 4.34. The van der Waals surface area contributed by atoms with Gasteiger partial charge in [0.1, 0.15) is 11.5 Å². The molecule has 0 aliphatic rings. The largest absolute Gasteiger partial charge is 0.377 e. The maximum absolute atomic E-state index is 11.7. The van der Waals surface area contributed by atoms with Crippen molar-refractivity contribution in [2.24, 2.45) is 0 Å². The minimum atomic E-state index is -0.0758. The summed E-state index contributed by atoms with van der Waals surface area (Å²) in [7, 11) is 3.86. The first-order valence-corrected chi connectivity index (χ1v) is 10.9. The molecule has 0 spiro atoms. The molecule has 2 heterocycles. The molecule has 172 valence electrons. The number of nitrogens with zero attached hydrogens (tertiary/aromatic N) is 3. The van der Waals surface area contributed by atoms with E-state index in [1.54, 1.807) is 6.07 Å². The lowest BCUT2D eigenvalue weighted by Gasteiger charge is -2.21. The van der Waals surface area contributed by atoms with Gasteiger partial charge in [-0.2, -0.15) is 0 Å². The van der Waals surface area contributed by atoms with E-state index in [0.717, 1.165) is 28.2 Å². The quantitative estimate of drug-likeness (QED) is 0.330. The molecule has 2 aromatic heterocycles. The van der Waals surface area contributed by atoms with E-state index in [0.29, 0.717) is 17.2 Å². The van der Waals surface area contributed by atoms with E-state index in [4.69, 9.17) is 5.41 Å². The highest BCUT2D eigenvalue weighted by atomic mass is 16.1. The van der Waals surface area contributed by atoms with E-state index in [1.807, 2.05) is 96.1 Å². The molecule has 0 aliphatic carbocycles. The number of aryl methyl sites for hydroxylation is 1. The monoisotopic (exact) mass is 435 g/mol. The number of aromatic nitrogens is 2. The van der Waals surface area contributed by atoms with Gasteiger partial charge in [0.25, 0.3) is 0 Å². The fourth-order valence-electron chi connectivity index (χ4n) is 2.95. The minimum Gasteiger partial charge on any atom is -0.377 e. The predicted octanol–water partition coefficient (Wildman–Crippen LogP) is 6.76. The summed E-state index contributed by atoms with van der Waals surface area (Å²) in [6.45, 7) is 11.4. The van der Waals surface area contributed by atoms with E-state index in [-0.39, 0.29) is 7.21 Å². The predicted molar refractivity (Wildman–Crippen MR) is 139 cm³/mol. The van der Waals surface area contributed by atoms with Gasteiger partial charge in [0.2, 0.25) is 0 Å². The van der Waals surface area contributed by atoms with Crippen molar-refractivity contribution in [3.63, 3.8) is 0 Å². The van der Waals surface area contributed by atoms with Gasteiger partial charge in [0, 0.05) is 51.2 Å². The first-order chi connectivity index (χ1) is 15.4. The number of Topliss-reactive ketones (excluding diaryl/α,β-unsaturated/α-hetero) is 1. The topological polar surface area (TPSA) is 82.0 Å². The van der Waals surface area contributed by atoms with E-state index in [9.17, 15) is 4.79 Å². The number of carbonyl (C=O) groups is 1. The van der Waals surface area contributed by atoms with Crippen molar-refractivity contribution < 1.29 is 6.22 Å². The van der Waals surface area contributed by atoms with Gasteiger partial charge in [-0.05, 0) is 43.3 Å². The molecule has 0 bridgehead atoms. The maximum atomic E-state index is 11.7. The zero-order valence-electron chi connectivity index (χ0n) is 20.4. The molecular formula is C26H37N5O. The van der Waals surface area contributed by atoms with Crippen molar-refractivity contribution in [1.29, 1.82) is 5.41 Å². The summed E-state index contributed by atoms with van der Waals surface area (Å²) in [5, 5.41) is 11.2. The summed E-state index contributed by atoms with van der Waals surface area (Å²) in [6.07, 6.45) is 1.33. The smallest absolute Gasteiger partial charge is 0.178 e. The standard InChI is InChI=1S/C22H23N5O.2C2H6.H2/c1-14-7-5-10-22(24-14)26-20-11-16(12-21(27(3)4)17(20)13-23)19-9-6-8-18(25-19)15(2)28;2*1-2;/h5-13,23H,1-4H3,(H,24,26);2*1-2H3;1H. The van der Waals surface area contributed by atoms with Crippen LogP contribution in [-0.4, -0.2) is 36.1 Å². The van der Waals surface area contributed by atoms with Gasteiger partial charge in [0.05, 0.1) is 11.4 Å². The number of benzene rings is 1. The molecule has 0 saturated carbocycles. The Hall–Kier alpha value is -3.54. The summed E-state index contributed by atoms with van der Waals surface area (Å²) in [6, 6.07) is 15.1. The Morgan fingerprint density at radius 3 is 2.25 bits per heavy atom. The van der Waals surface area contributed by atoms with Crippen molar-refractivity contribution in [2.75, 3.05) is 24.3 Å². The molecule has 6 heteroatoms. The number of hydrogen-bond acceptors (Lipinski definition) is 6. The summed E-state index contributed by atoms with van der Waals surface area (Å²) in [5.41, 5.74) is 5.26. The van der Waals surface area contributed by atoms with Gasteiger partial charge in [-0.15, -0.1) is 0 Å². The molecule has 0 amide bonds. The fourth-order valence-corrected chi connectivity index (χ4v) is 2.95. The second kappa shape index (κ2) is 13.0. The van der Waals surface area contributed by atoms with Gasteiger partial charge >= 0.3 is 0 Å². The van der Waals surface area contributed by atoms with Crippen LogP contribution >= 0.6 is 0 Å². The zero-order valence-corrected chi connectivity index (χ0v) is 20.4. The van der Waals surface area contributed by atoms with Crippen LogP contribution in [0.3, 0.4) is 0 Å². The van der Waals surface area contributed by atoms with Crippen molar-refractivity contribution in [1.82, 2.24) is 9.97 Å². The molecular weight excluding hydrogens is 398 g/mol. The average Bonchev–Trinajstić information content (AvgIpc) is 2.81. The minimum absolute atomic E-state index is 0. The van der Waals surface area contributed by atoms with Gasteiger partial charge in [-0.3, -0.25) is 4.79 Å². The Labute approximate surface area is 193 Å². The molecule has 1 aromatic carbocycles. The highest BCUT2D eigenvalue weighted by Crippen LogP contribution is 2.33. The lowest BCUT2D eigenvalue weighted by atomic mass is 10.0. The second-order valence-corrected chi connectivity index (χ2v) is 6.75. The number of anilines is 3. The number of carbonyl (C=O) groups excluding carboxylic acids is 1. The molecule has 0 atom stereocenters. The lowest BCUT2D eigenvalue weighted by molar-refractivity contribution is 0.101. The van der Waals surface area contributed by atoms with Crippen LogP contribution < -0.4 is 10.2 Å². The Bertz CT molecular complexity index is 1050. The lowest BCUT2D eigenvalue weighted by Crippen LogP contribution is -2.13. The maximum Gasteiger partial charge on any atom is 0.178 e. The zero-order chi connectivity index (χ0) is 24.3. The Morgan fingerprint density at radius 2 is 1.69 bits per heavy atom. The molecule has 2 N–H and O–H groups in total. The highest BCUT2D eigenvalue weighted by Gasteiger charge is 2.14. The summed E-state index contributed by atoms with van der Waals surface area (Å²) >= 11 is 0. The molecule has 0 saturated heterocycles. The van der Waals surface area contributed by atoms with Crippen LogP contribution in [0.5, 0.6) is 0 Å². The summed E-state index contributed by atoms with van der Waals surface area (Å²) in [4.78, 5) is 22.7. The molecule has 0 fully saturated rings. The molecule has 3 aromatic rings. The fraction of sp³-hybridized carbons (Fsp3) is 0.308. The first-order valence-electron chi connectivity index (χ1n) is 10.9. The number of pyridine rings is 2. The van der Waals surface area contributed by atoms with Crippen LogP contribution in [0.15, 0.2) is 48.5 Å². The van der Waals surface area contributed by atoms with E-state index in [1.165, 1.54) is 13.1 Å². The van der Waals surface area contributed by atoms with Crippen LogP contribution in [0, 0.1) is 12.3 Å². The van der Waals surface area contributed by atoms with Crippen LogP contribution in [0.4, 0.5) is 17.2 Å².